The van der Waals surface area contributed by atoms with Crippen molar-refractivity contribution in [3.8, 4) is 31.2 Å². The largest absolute Gasteiger partial charge is 0.342 e. The van der Waals surface area contributed by atoms with Gasteiger partial charge in [0.15, 0.2) is 0 Å². The average Bonchev–Trinajstić information content (AvgIpc) is 3.62. The van der Waals surface area contributed by atoms with Crippen LogP contribution in [0.25, 0.3) is 31.2 Å². The van der Waals surface area contributed by atoms with Crippen molar-refractivity contribution in [2.24, 2.45) is 0 Å². The van der Waals surface area contributed by atoms with Crippen LogP contribution in [0.15, 0.2) is 24.8 Å². The third-order valence-electron chi connectivity index (χ3n) is 5.65. The molecule has 10 heteroatoms. The molecule has 2 fully saturated rings. The molecule has 30 heavy (non-hydrogen) atoms. The van der Waals surface area contributed by atoms with Crippen molar-refractivity contribution in [3.63, 3.8) is 0 Å². The molecule has 0 amide bonds. The Morgan fingerprint density at radius 2 is 1.03 bits per heavy atom. The molecule has 4 aromatic heterocycles. The molecule has 8 nitrogen and oxygen atoms in total. The van der Waals surface area contributed by atoms with Crippen LogP contribution in [0, 0.1) is 0 Å². The summed E-state index contributed by atoms with van der Waals surface area (Å²) in [6.45, 7) is 4.30. The van der Waals surface area contributed by atoms with E-state index >= 15 is 0 Å². The van der Waals surface area contributed by atoms with E-state index in [1.807, 2.05) is 24.8 Å². The second kappa shape index (κ2) is 7.51. The summed E-state index contributed by atoms with van der Waals surface area (Å²) in [5.74, 6) is 1.90. The summed E-state index contributed by atoms with van der Waals surface area (Å²) >= 11 is 3.33. The van der Waals surface area contributed by atoms with Crippen molar-refractivity contribution in [1.82, 2.24) is 29.9 Å². The Balaban J connectivity index is 1.21. The van der Waals surface area contributed by atoms with Gasteiger partial charge in [-0.2, -0.15) is 0 Å². The maximum atomic E-state index is 4.62. The lowest BCUT2D eigenvalue weighted by Gasteiger charge is -2.12. The highest BCUT2D eigenvalue weighted by atomic mass is 32.1. The first-order valence-corrected chi connectivity index (χ1v) is 12.0. The normalized spacial score (nSPS) is 16.8. The average molecular weight is 439 g/mol. The number of H-pyrrole nitrogens is 2. The number of hydrogen-bond donors (Lipinski definition) is 2. The molecule has 154 valence electrons. The van der Waals surface area contributed by atoms with Crippen molar-refractivity contribution in [2.75, 3.05) is 36.0 Å². The minimum Gasteiger partial charge on any atom is -0.342 e. The predicted octanol–water partition coefficient (Wildman–Crippen LogP) is 4.25. The van der Waals surface area contributed by atoms with Crippen LogP contribution in [0.4, 0.5) is 11.9 Å². The van der Waals surface area contributed by atoms with E-state index in [4.69, 9.17) is 0 Å². The molecule has 0 bridgehead atoms. The number of imidazole rings is 2. The lowest BCUT2D eigenvalue weighted by molar-refractivity contribution is 0.918. The summed E-state index contributed by atoms with van der Waals surface area (Å²) in [5, 5.41) is 1.91. The second-order valence-electron chi connectivity index (χ2n) is 7.69. The van der Waals surface area contributed by atoms with Gasteiger partial charge in [0, 0.05) is 38.6 Å². The van der Waals surface area contributed by atoms with Gasteiger partial charge in [0.2, 0.25) is 11.9 Å². The summed E-state index contributed by atoms with van der Waals surface area (Å²) in [6.07, 6.45) is 12.6. The molecule has 0 unspecified atom stereocenters. The molecule has 0 spiro atoms. The number of hydrogen-bond acceptors (Lipinski definition) is 8. The lowest BCUT2D eigenvalue weighted by Crippen LogP contribution is -2.18. The van der Waals surface area contributed by atoms with Crippen LogP contribution in [0.2, 0.25) is 0 Å². The minimum absolute atomic E-state index is 0.951. The molecule has 2 saturated heterocycles. The van der Waals surface area contributed by atoms with E-state index in [1.54, 1.807) is 22.7 Å². The topological polar surface area (TPSA) is 89.6 Å². The summed E-state index contributed by atoms with van der Waals surface area (Å²) in [5.41, 5.74) is 1.95. The van der Waals surface area contributed by atoms with Crippen LogP contribution < -0.4 is 9.80 Å². The predicted molar refractivity (Wildman–Crippen MR) is 121 cm³/mol. The van der Waals surface area contributed by atoms with Crippen molar-refractivity contribution in [3.05, 3.63) is 24.8 Å². The summed E-state index contributed by atoms with van der Waals surface area (Å²) in [7, 11) is 0. The zero-order chi connectivity index (χ0) is 19.9. The summed E-state index contributed by atoms with van der Waals surface area (Å²) < 4.78 is 0. The molecule has 2 aliphatic rings. The number of anilines is 2. The monoisotopic (exact) mass is 438 g/mol. The van der Waals surface area contributed by atoms with Crippen LogP contribution >= 0.6 is 22.7 Å². The molecular formula is C20H22N8S2. The first-order chi connectivity index (χ1) is 14.8. The fourth-order valence-electron chi connectivity index (χ4n) is 4.04. The Morgan fingerprint density at radius 1 is 0.600 bits per heavy atom. The Hall–Kier alpha value is -2.72. The number of nitrogens with zero attached hydrogens (tertiary/aromatic N) is 6. The Kier molecular flexibility index (Phi) is 4.53. The quantitative estimate of drug-likeness (QED) is 0.484. The number of thiazole rings is 2. The van der Waals surface area contributed by atoms with Crippen LogP contribution in [0.5, 0.6) is 0 Å². The van der Waals surface area contributed by atoms with Gasteiger partial charge in [0.1, 0.15) is 10.0 Å². The standard InChI is InChI=1S/C20H22N8S2/c1-2-6-27(5-1)19-23-9-13(25-19)17-21-11-15(29-17)16-12-22-18(30-16)14-10-24-20(26-14)28-7-3-4-8-28/h9-12H,1-8H2,(H,23,25)(H,24,26). The molecule has 2 N–H and O–H groups in total. The maximum Gasteiger partial charge on any atom is 0.203 e. The van der Waals surface area contributed by atoms with Gasteiger partial charge in [0.05, 0.1) is 33.5 Å². The van der Waals surface area contributed by atoms with Crippen LogP contribution in [-0.4, -0.2) is 56.1 Å². The fourth-order valence-corrected chi connectivity index (χ4v) is 5.87. The van der Waals surface area contributed by atoms with E-state index in [0.29, 0.717) is 0 Å². The van der Waals surface area contributed by atoms with Gasteiger partial charge >= 0.3 is 0 Å². The first-order valence-electron chi connectivity index (χ1n) is 10.4. The Bertz CT molecular complexity index is 1050. The van der Waals surface area contributed by atoms with Gasteiger partial charge in [-0.1, -0.05) is 0 Å². The van der Waals surface area contributed by atoms with E-state index in [0.717, 1.165) is 69.2 Å². The molecule has 6 heterocycles. The SMILES string of the molecule is c1nc(N2CCCC2)[nH]c1-c1ncc(-c2cnc(-c3cnc(N4CCCC4)[nH]3)s2)s1. The zero-order valence-electron chi connectivity index (χ0n) is 16.5. The first kappa shape index (κ1) is 18.1. The molecule has 0 radical (unpaired) electrons. The van der Waals surface area contributed by atoms with Gasteiger partial charge in [-0.25, -0.2) is 19.9 Å². The highest BCUT2D eigenvalue weighted by Gasteiger charge is 2.19. The van der Waals surface area contributed by atoms with Gasteiger partial charge in [-0.15, -0.1) is 22.7 Å². The third kappa shape index (κ3) is 3.29. The van der Waals surface area contributed by atoms with Gasteiger partial charge in [-0.3, -0.25) is 0 Å². The number of rotatable bonds is 5. The highest BCUT2D eigenvalue weighted by Crippen LogP contribution is 2.37. The summed E-state index contributed by atoms with van der Waals surface area (Å²) in [4.78, 5) is 32.0. The number of aromatic nitrogens is 6. The number of aromatic amines is 2. The van der Waals surface area contributed by atoms with Crippen LogP contribution in [-0.2, 0) is 0 Å². The van der Waals surface area contributed by atoms with E-state index < -0.39 is 0 Å². The van der Waals surface area contributed by atoms with Crippen LogP contribution in [0.3, 0.4) is 0 Å². The smallest absolute Gasteiger partial charge is 0.203 e. The molecular weight excluding hydrogens is 416 g/mol. The van der Waals surface area contributed by atoms with Gasteiger partial charge in [0.25, 0.3) is 0 Å². The minimum atomic E-state index is 0.951. The zero-order valence-corrected chi connectivity index (χ0v) is 18.1. The van der Waals surface area contributed by atoms with Crippen molar-refractivity contribution >= 4 is 34.6 Å². The van der Waals surface area contributed by atoms with Gasteiger partial charge < -0.3 is 19.8 Å². The molecule has 0 aromatic carbocycles. The van der Waals surface area contributed by atoms with E-state index in [1.165, 1.54) is 25.7 Å². The number of nitrogens with one attached hydrogen (secondary N) is 2. The van der Waals surface area contributed by atoms with Crippen molar-refractivity contribution < 1.29 is 0 Å². The molecule has 0 saturated carbocycles. The summed E-state index contributed by atoms with van der Waals surface area (Å²) in [6, 6.07) is 0. The van der Waals surface area contributed by atoms with E-state index in [2.05, 4.69) is 39.7 Å². The van der Waals surface area contributed by atoms with Gasteiger partial charge in [-0.05, 0) is 25.7 Å². The lowest BCUT2D eigenvalue weighted by atomic mass is 10.4. The third-order valence-corrected chi connectivity index (χ3v) is 7.91. The molecule has 0 aliphatic carbocycles. The Labute approximate surface area is 182 Å². The molecule has 4 aromatic rings. The fraction of sp³-hybridized carbons (Fsp3) is 0.400. The van der Waals surface area contributed by atoms with Crippen molar-refractivity contribution in [2.45, 2.75) is 25.7 Å². The van der Waals surface area contributed by atoms with Crippen molar-refractivity contribution in [1.29, 1.82) is 0 Å². The molecule has 2 aliphatic heterocycles. The molecule has 0 atom stereocenters. The van der Waals surface area contributed by atoms with Crippen LogP contribution in [0.1, 0.15) is 25.7 Å². The second-order valence-corrected chi connectivity index (χ2v) is 9.75. The van der Waals surface area contributed by atoms with E-state index in [-0.39, 0.29) is 0 Å². The maximum absolute atomic E-state index is 4.62. The Morgan fingerprint density at radius 3 is 1.47 bits per heavy atom. The molecule has 6 rings (SSSR count). The highest BCUT2D eigenvalue weighted by molar-refractivity contribution is 7.24. The van der Waals surface area contributed by atoms with E-state index in [9.17, 15) is 0 Å².